The molecule has 2 aromatic carbocycles. The molecule has 148 valence electrons. The summed E-state index contributed by atoms with van der Waals surface area (Å²) in [5.74, 6) is 0.352. The minimum absolute atomic E-state index is 0.147. The largest absolute Gasteiger partial charge is 0.497 e. The summed E-state index contributed by atoms with van der Waals surface area (Å²) in [7, 11) is -0.796. The number of hydrogen-bond donors (Lipinski definition) is 1. The Hall–Kier alpha value is -2.49. The van der Waals surface area contributed by atoms with Gasteiger partial charge in [-0.1, -0.05) is 12.1 Å². The highest BCUT2D eigenvalue weighted by molar-refractivity contribution is 7.89. The number of benzene rings is 2. The number of amides is 1. The number of hydrogen-bond acceptors (Lipinski definition) is 6. The van der Waals surface area contributed by atoms with Crippen molar-refractivity contribution >= 4 is 37.5 Å². The first-order valence-electron chi connectivity index (χ1n) is 8.53. The average Bonchev–Trinajstić information content (AvgIpc) is 3.05. The number of ether oxygens (including phenoxy) is 1. The van der Waals surface area contributed by atoms with E-state index in [0.29, 0.717) is 6.54 Å². The molecule has 0 radical (unpaired) electrons. The molecule has 9 heteroatoms. The molecule has 7 nitrogen and oxygen atoms in total. The maximum Gasteiger partial charge on any atom is 0.243 e. The van der Waals surface area contributed by atoms with Crippen LogP contribution in [0.2, 0.25) is 0 Å². The van der Waals surface area contributed by atoms with Crippen LogP contribution in [-0.2, 0) is 21.4 Å². The first kappa shape index (κ1) is 20.2. The van der Waals surface area contributed by atoms with Crippen LogP contribution in [0.25, 0.3) is 10.2 Å². The second-order valence-corrected chi connectivity index (χ2v) is 9.53. The molecule has 28 heavy (non-hydrogen) atoms. The van der Waals surface area contributed by atoms with E-state index in [-0.39, 0.29) is 17.3 Å². The Morgan fingerprint density at radius 2 is 1.93 bits per heavy atom. The van der Waals surface area contributed by atoms with Crippen molar-refractivity contribution in [1.29, 1.82) is 0 Å². The SMILES string of the molecule is COc1ccc(CNC(=O)CN(C)S(=O)(=O)c2ccc3nc(C)sc3c2)cc1. The first-order chi connectivity index (χ1) is 13.3. The lowest BCUT2D eigenvalue weighted by molar-refractivity contribution is -0.121. The molecule has 3 rings (SSSR count). The maximum atomic E-state index is 12.8. The van der Waals surface area contributed by atoms with E-state index < -0.39 is 10.0 Å². The molecule has 0 saturated heterocycles. The molecule has 0 aliphatic rings. The van der Waals surface area contributed by atoms with Gasteiger partial charge < -0.3 is 10.1 Å². The van der Waals surface area contributed by atoms with E-state index in [2.05, 4.69) is 10.3 Å². The molecule has 3 aromatic rings. The van der Waals surface area contributed by atoms with Crippen molar-refractivity contribution in [3.63, 3.8) is 0 Å². The van der Waals surface area contributed by atoms with Crippen LogP contribution < -0.4 is 10.1 Å². The first-order valence-corrected chi connectivity index (χ1v) is 10.8. The number of rotatable bonds is 7. The molecular weight excluding hydrogens is 398 g/mol. The number of likely N-dealkylation sites (N-methyl/N-ethyl adjacent to an activating group) is 1. The van der Waals surface area contributed by atoms with Gasteiger partial charge in [0.2, 0.25) is 15.9 Å². The van der Waals surface area contributed by atoms with E-state index in [1.54, 1.807) is 31.4 Å². The van der Waals surface area contributed by atoms with Crippen LogP contribution in [0.3, 0.4) is 0 Å². The monoisotopic (exact) mass is 419 g/mol. The predicted molar refractivity (Wildman–Crippen MR) is 109 cm³/mol. The Bertz CT molecular complexity index is 1090. The van der Waals surface area contributed by atoms with E-state index in [0.717, 1.165) is 30.8 Å². The molecule has 1 N–H and O–H groups in total. The Kier molecular flexibility index (Phi) is 5.97. The lowest BCUT2D eigenvalue weighted by Gasteiger charge is -2.17. The second kappa shape index (κ2) is 8.26. The van der Waals surface area contributed by atoms with Crippen molar-refractivity contribution in [1.82, 2.24) is 14.6 Å². The summed E-state index contributed by atoms with van der Waals surface area (Å²) < 4.78 is 32.5. The van der Waals surface area contributed by atoms with Crippen LogP contribution in [0.5, 0.6) is 5.75 Å². The van der Waals surface area contributed by atoms with Crippen LogP contribution in [0, 0.1) is 6.92 Å². The zero-order chi connectivity index (χ0) is 20.3. The fraction of sp³-hybridized carbons (Fsp3) is 0.263. The molecule has 1 aromatic heterocycles. The summed E-state index contributed by atoms with van der Waals surface area (Å²) in [5.41, 5.74) is 1.66. The van der Waals surface area contributed by atoms with E-state index in [4.69, 9.17) is 4.74 Å². The number of carbonyl (C=O) groups excluding carboxylic acids is 1. The summed E-state index contributed by atoms with van der Waals surface area (Å²) in [6, 6.07) is 12.1. The number of methoxy groups -OCH3 is 1. The van der Waals surface area contributed by atoms with Gasteiger partial charge in [-0.15, -0.1) is 11.3 Å². The zero-order valence-electron chi connectivity index (χ0n) is 15.8. The van der Waals surface area contributed by atoms with Gasteiger partial charge in [-0.05, 0) is 42.8 Å². The van der Waals surface area contributed by atoms with Crippen molar-refractivity contribution in [2.24, 2.45) is 0 Å². The van der Waals surface area contributed by atoms with Gasteiger partial charge >= 0.3 is 0 Å². The lowest BCUT2D eigenvalue weighted by atomic mass is 10.2. The van der Waals surface area contributed by atoms with Gasteiger partial charge in [-0.25, -0.2) is 13.4 Å². The van der Waals surface area contributed by atoms with Gasteiger partial charge in [0, 0.05) is 13.6 Å². The highest BCUT2D eigenvalue weighted by Crippen LogP contribution is 2.25. The third-order valence-electron chi connectivity index (χ3n) is 4.19. The minimum Gasteiger partial charge on any atom is -0.497 e. The Labute approximate surface area is 168 Å². The van der Waals surface area contributed by atoms with E-state index in [1.807, 2.05) is 19.1 Å². The van der Waals surface area contributed by atoms with Gasteiger partial charge in [0.05, 0.1) is 33.8 Å². The summed E-state index contributed by atoms with van der Waals surface area (Å²) in [4.78, 5) is 16.7. The summed E-state index contributed by atoms with van der Waals surface area (Å²) in [5, 5.41) is 3.60. The molecule has 0 bridgehead atoms. The molecule has 0 saturated carbocycles. The highest BCUT2D eigenvalue weighted by Gasteiger charge is 2.23. The molecule has 0 aliphatic carbocycles. The Morgan fingerprint density at radius 1 is 1.21 bits per heavy atom. The smallest absolute Gasteiger partial charge is 0.243 e. The molecule has 0 atom stereocenters. The molecule has 1 heterocycles. The third kappa shape index (κ3) is 4.49. The predicted octanol–water partition coefficient (Wildman–Crippen LogP) is 2.55. The zero-order valence-corrected chi connectivity index (χ0v) is 17.4. The summed E-state index contributed by atoms with van der Waals surface area (Å²) in [6.07, 6.45) is 0. The summed E-state index contributed by atoms with van der Waals surface area (Å²) >= 11 is 1.43. The molecule has 0 unspecified atom stereocenters. The van der Waals surface area contributed by atoms with Gasteiger partial charge in [0.25, 0.3) is 0 Å². The summed E-state index contributed by atoms with van der Waals surface area (Å²) in [6.45, 7) is 1.92. The van der Waals surface area contributed by atoms with Crippen LogP contribution in [0.1, 0.15) is 10.6 Å². The average molecular weight is 420 g/mol. The van der Waals surface area contributed by atoms with E-state index in [9.17, 15) is 13.2 Å². The normalized spacial score (nSPS) is 11.7. The standard InChI is InChI=1S/C19H21N3O4S2/c1-13-21-17-9-8-16(10-18(17)27-13)28(24,25)22(2)12-19(23)20-11-14-4-6-15(26-3)7-5-14/h4-10H,11-12H2,1-3H3,(H,20,23). The Morgan fingerprint density at radius 3 is 2.61 bits per heavy atom. The number of thiazole rings is 1. The minimum atomic E-state index is -3.77. The number of aryl methyl sites for hydroxylation is 1. The fourth-order valence-corrected chi connectivity index (χ4v) is 4.74. The molecular formula is C19H21N3O4S2. The van der Waals surface area contributed by atoms with E-state index in [1.165, 1.54) is 24.5 Å². The topological polar surface area (TPSA) is 88.6 Å². The molecule has 0 fully saturated rings. The third-order valence-corrected chi connectivity index (χ3v) is 6.92. The van der Waals surface area contributed by atoms with Crippen molar-refractivity contribution in [2.75, 3.05) is 20.7 Å². The fourth-order valence-electron chi connectivity index (χ4n) is 2.65. The molecule has 0 aliphatic heterocycles. The van der Waals surface area contributed by atoms with Crippen molar-refractivity contribution in [3.8, 4) is 5.75 Å². The maximum absolute atomic E-state index is 12.8. The van der Waals surface area contributed by atoms with Gasteiger partial charge in [0.1, 0.15) is 5.75 Å². The quantitative estimate of drug-likeness (QED) is 0.636. The van der Waals surface area contributed by atoms with Crippen molar-refractivity contribution < 1.29 is 17.9 Å². The number of carbonyl (C=O) groups is 1. The van der Waals surface area contributed by atoms with Crippen LogP contribution in [0.4, 0.5) is 0 Å². The van der Waals surface area contributed by atoms with Crippen LogP contribution in [0.15, 0.2) is 47.4 Å². The number of fused-ring (bicyclic) bond motifs is 1. The van der Waals surface area contributed by atoms with Gasteiger partial charge in [-0.2, -0.15) is 4.31 Å². The van der Waals surface area contributed by atoms with Crippen LogP contribution in [-0.4, -0.2) is 44.3 Å². The Balaban J connectivity index is 1.64. The number of nitrogens with zero attached hydrogens (tertiary/aromatic N) is 2. The number of aromatic nitrogens is 1. The molecule has 0 spiro atoms. The lowest BCUT2D eigenvalue weighted by Crippen LogP contribution is -2.38. The van der Waals surface area contributed by atoms with Crippen molar-refractivity contribution in [3.05, 3.63) is 53.0 Å². The highest BCUT2D eigenvalue weighted by atomic mass is 32.2. The second-order valence-electron chi connectivity index (χ2n) is 6.25. The van der Waals surface area contributed by atoms with Crippen LogP contribution >= 0.6 is 11.3 Å². The van der Waals surface area contributed by atoms with Gasteiger partial charge in [0.15, 0.2) is 0 Å². The number of nitrogens with one attached hydrogen (secondary N) is 1. The number of sulfonamides is 1. The van der Waals surface area contributed by atoms with Gasteiger partial charge in [-0.3, -0.25) is 4.79 Å². The molecule has 1 amide bonds. The van der Waals surface area contributed by atoms with E-state index >= 15 is 0 Å². The van der Waals surface area contributed by atoms with Crippen molar-refractivity contribution in [2.45, 2.75) is 18.4 Å².